The van der Waals surface area contributed by atoms with Gasteiger partial charge in [0.25, 0.3) is 0 Å². The zero-order chi connectivity index (χ0) is 21.1. The van der Waals surface area contributed by atoms with Crippen LogP contribution in [0.2, 0.25) is 5.02 Å². The lowest BCUT2D eigenvalue weighted by molar-refractivity contribution is 0.0694. The first-order valence-corrected chi connectivity index (χ1v) is 11.0. The highest BCUT2D eigenvalue weighted by atomic mass is 35.5. The van der Waals surface area contributed by atoms with E-state index in [0.29, 0.717) is 41.0 Å². The first-order chi connectivity index (χ1) is 13.8. The van der Waals surface area contributed by atoms with Crippen LogP contribution in [0.1, 0.15) is 37.2 Å². The highest BCUT2D eigenvalue weighted by Gasteiger charge is 2.27. The summed E-state index contributed by atoms with van der Waals surface area (Å²) in [5.41, 5.74) is 0.415. The predicted octanol–water partition coefficient (Wildman–Crippen LogP) is 4.59. The minimum atomic E-state index is -1.25. The molecular weight excluding hydrogens is 414 g/mol. The zero-order valence-corrected chi connectivity index (χ0v) is 18.2. The van der Waals surface area contributed by atoms with E-state index in [1.54, 1.807) is 23.9 Å². The molecule has 3 rings (SSSR count). The number of halogens is 1. The first-order valence-electron chi connectivity index (χ1n) is 9.50. The van der Waals surface area contributed by atoms with Gasteiger partial charge in [-0.25, -0.2) is 4.79 Å². The molecule has 2 aromatic rings. The summed E-state index contributed by atoms with van der Waals surface area (Å²) in [4.78, 5) is 23.9. The maximum Gasteiger partial charge on any atom is 0.341 e. The molecule has 1 aliphatic heterocycles. The van der Waals surface area contributed by atoms with Crippen molar-refractivity contribution in [2.24, 2.45) is 5.92 Å². The van der Waals surface area contributed by atoms with Gasteiger partial charge in [0, 0.05) is 29.6 Å². The molecule has 6 nitrogen and oxygen atoms in total. The quantitative estimate of drug-likeness (QED) is 0.638. The van der Waals surface area contributed by atoms with E-state index < -0.39 is 11.4 Å². The van der Waals surface area contributed by atoms with Crippen LogP contribution in [0.3, 0.4) is 0 Å². The van der Waals surface area contributed by atoms with Crippen LogP contribution in [0.5, 0.6) is 11.5 Å². The second-order valence-corrected chi connectivity index (χ2v) is 8.90. The van der Waals surface area contributed by atoms with Gasteiger partial charge in [0.05, 0.1) is 23.4 Å². The SMILES string of the molecule is CCSCCOc1cc2c(cc1Cl)-c1cc(=O)c(C(=O)O)cn1[C@H](C(C)C)CO2. The molecule has 29 heavy (non-hydrogen) atoms. The van der Waals surface area contributed by atoms with Crippen LogP contribution in [0.15, 0.2) is 29.2 Å². The Kier molecular flexibility index (Phi) is 6.80. The minimum absolute atomic E-state index is 0.139. The number of aromatic carboxylic acids is 1. The Balaban J connectivity index is 2.09. The van der Waals surface area contributed by atoms with E-state index in [1.165, 1.54) is 12.3 Å². The van der Waals surface area contributed by atoms with Gasteiger partial charge in [0.1, 0.15) is 23.7 Å². The fourth-order valence-corrected chi connectivity index (χ4v) is 4.00. The summed E-state index contributed by atoms with van der Waals surface area (Å²) in [6, 6.07) is 4.67. The molecule has 0 unspecified atom stereocenters. The summed E-state index contributed by atoms with van der Waals surface area (Å²) in [6.07, 6.45) is 1.41. The molecular formula is C21H24ClNO5S. The molecule has 1 N–H and O–H groups in total. The highest BCUT2D eigenvalue weighted by molar-refractivity contribution is 7.99. The van der Waals surface area contributed by atoms with Gasteiger partial charge in [-0.15, -0.1) is 0 Å². The Morgan fingerprint density at radius 1 is 1.41 bits per heavy atom. The van der Waals surface area contributed by atoms with Crippen LogP contribution in [-0.2, 0) is 0 Å². The number of carboxylic acid groups (broad SMARTS) is 1. The lowest BCUT2D eigenvalue weighted by Crippen LogP contribution is -2.25. The summed E-state index contributed by atoms with van der Waals surface area (Å²) in [7, 11) is 0. The fraction of sp³-hybridized carbons (Fsp3) is 0.429. The maximum atomic E-state index is 12.4. The standard InChI is InChI=1S/C21H24ClNO5S/c1-4-29-6-5-27-20-9-19-13(7-15(20)22)16-8-18(24)14(21(25)26)10-23(16)17(11-28-19)12(2)3/h7-10,12,17H,4-6,11H2,1-3H3,(H,25,26)/t17-/m0/s1. The lowest BCUT2D eigenvalue weighted by atomic mass is 10.0. The molecule has 1 aliphatic rings. The molecule has 0 bridgehead atoms. The Labute approximate surface area is 178 Å². The number of carbonyl (C=O) groups is 1. The van der Waals surface area contributed by atoms with Gasteiger partial charge in [-0.05, 0) is 17.7 Å². The molecule has 0 spiro atoms. The van der Waals surface area contributed by atoms with Gasteiger partial charge in [0.15, 0.2) is 5.43 Å². The van der Waals surface area contributed by atoms with E-state index in [-0.39, 0.29) is 17.5 Å². The predicted molar refractivity (Wildman–Crippen MR) is 116 cm³/mol. The number of rotatable bonds is 7. The number of thioether (sulfide) groups is 1. The number of benzene rings is 1. The molecule has 0 amide bonds. The van der Waals surface area contributed by atoms with E-state index in [2.05, 4.69) is 6.92 Å². The lowest BCUT2D eigenvalue weighted by Gasteiger charge is -2.24. The van der Waals surface area contributed by atoms with Crippen molar-refractivity contribution in [2.45, 2.75) is 26.8 Å². The van der Waals surface area contributed by atoms with Crippen molar-refractivity contribution in [3.8, 4) is 22.8 Å². The van der Waals surface area contributed by atoms with Gasteiger partial charge in [0.2, 0.25) is 0 Å². The summed E-state index contributed by atoms with van der Waals surface area (Å²) in [5, 5.41) is 9.79. The molecule has 8 heteroatoms. The monoisotopic (exact) mass is 437 g/mol. The van der Waals surface area contributed by atoms with Gasteiger partial charge < -0.3 is 19.1 Å². The fourth-order valence-electron chi connectivity index (χ4n) is 3.29. The maximum absolute atomic E-state index is 12.4. The number of hydrogen-bond donors (Lipinski definition) is 1. The molecule has 0 aliphatic carbocycles. The van der Waals surface area contributed by atoms with Crippen LogP contribution in [0, 0.1) is 5.92 Å². The average molecular weight is 438 g/mol. The number of nitrogens with zero attached hydrogens (tertiary/aromatic N) is 1. The smallest absolute Gasteiger partial charge is 0.341 e. The van der Waals surface area contributed by atoms with Crippen molar-refractivity contribution < 1.29 is 19.4 Å². The molecule has 0 fully saturated rings. The molecule has 156 valence electrons. The van der Waals surface area contributed by atoms with Gasteiger partial charge in [-0.3, -0.25) is 4.79 Å². The molecule has 2 heterocycles. The third-order valence-corrected chi connectivity index (χ3v) is 6.00. The molecule has 0 saturated heterocycles. The van der Waals surface area contributed by atoms with Crippen LogP contribution in [-0.4, -0.2) is 40.4 Å². The minimum Gasteiger partial charge on any atom is -0.491 e. The molecule has 0 saturated carbocycles. The number of pyridine rings is 1. The van der Waals surface area contributed by atoms with Crippen molar-refractivity contribution in [3.63, 3.8) is 0 Å². The van der Waals surface area contributed by atoms with Gasteiger partial charge in [-0.1, -0.05) is 32.4 Å². The van der Waals surface area contributed by atoms with Crippen molar-refractivity contribution in [3.05, 3.63) is 45.2 Å². The largest absolute Gasteiger partial charge is 0.491 e. The number of hydrogen-bond acceptors (Lipinski definition) is 5. The Morgan fingerprint density at radius 2 is 2.17 bits per heavy atom. The summed E-state index contributed by atoms with van der Waals surface area (Å²) >= 11 is 8.22. The number of fused-ring (bicyclic) bond motifs is 3. The molecule has 1 aromatic heterocycles. The summed E-state index contributed by atoms with van der Waals surface area (Å²) in [6.45, 7) is 7.02. The highest BCUT2D eigenvalue weighted by Crippen LogP contribution is 2.42. The Hall–Kier alpha value is -2.12. The van der Waals surface area contributed by atoms with Crippen LogP contribution in [0.4, 0.5) is 0 Å². The van der Waals surface area contributed by atoms with E-state index >= 15 is 0 Å². The molecule has 1 aromatic carbocycles. The van der Waals surface area contributed by atoms with E-state index in [9.17, 15) is 14.7 Å². The van der Waals surface area contributed by atoms with Crippen molar-refractivity contribution >= 4 is 29.3 Å². The Morgan fingerprint density at radius 3 is 2.83 bits per heavy atom. The van der Waals surface area contributed by atoms with E-state index in [0.717, 1.165) is 11.5 Å². The third kappa shape index (κ3) is 4.56. The van der Waals surface area contributed by atoms with Crippen molar-refractivity contribution in [1.29, 1.82) is 0 Å². The zero-order valence-electron chi connectivity index (χ0n) is 16.6. The first kappa shape index (κ1) is 21.6. The van der Waals surface area contributed by atoms with Crippen LogP contribution >= 0.6 is 23.4 Å². The summed E-state index contributed by atoms with van der Waals surface area (Å²) < 4.78 is 13.7. The third-order valence-electron chi connectivity index (χ3n) is 4.85. The number of ether oxygens (including phenoxy) is 2. The van der Waals surface area contributed by atoms with Gasteiger partial charge >= 0.3 is 5.97 Å². The normalized spacial score (nSPS) is 15.3. The number of carboxylic acids is 1. The van der Waals surface area contributed by atoms with E-state index in [1.807, 2.05) is 18.4 Å². The van der Waals surface area contributed by atoms with E-state index in [4.69, 9.17) is 21.1 Å². The topological polar surface area (TPSA) is 77.8 Å². The Bertz CT molecular complexity index is 972. The van der Waals surface area contributed by atoms with Crippen molar-refractivity contribution in [1.82, 2.24) is 4.57 Å². The van der Waals surface area contributed by atoms with Crippen molar-refractivity contribution in [2.75, 3.05) is 24.7 Å². The van der Waals surface area contributed by atoms with Crippen LogP contribution < -0.4 is 14.9 Å². The second-order valence-electron chi connectivity index (χ2n) is 7.10. The number of aromatic nitrogens is 1. The van der Waals surface area contributed by atoms with Crippen LogP contribution in [0.25, 0.3) is 11.3 Å². The molecule has 0 radical (unpaired) electrons. The molecule has 1 atom stereocenters. The van der Waals surface area contributed by atoms with Gasteiger partial charge in [-0.2, -0.15) is 11.8 Å². The summed E-state index contributed by atoms with van der Waals surface area (Å²) in [5.74, 6) is 1.88. The second kappa shape index (κ2) is 9.13. The average Bonchev–Trinajstić information content (AvgIpc) is 2.81.